The van der Waals surface area contributed by atoms with Crippen molar-refractivity contribution in [3.05, 3.63) is 0 Å². The quantitative estimate of drug-likeness (QED) is 0.710. The lowest BCUT2D eigenvalue weighted by atomic mass is 9.96. The highest BCUT2D eigenvalue weighted by atomic mass is 35.5. The molecule has 3 fully saturated rings. The maximum Gasteiger partial charge on any atom is 0.262 e. The maximum atomic E-state index is 12.3. The molecule has 0 saturated heterocycles. The summed E-state index contributed by atoms with van der Waals surface area (Å²) in [4.78, 5) is 28.7. The predicted octanol–water partition coefficient (Wildman–Crippen LogP) is 3.41. The SMILES string of the molecule is Cl.O=C(CC1SC(NC2CC3CCC2C3)=NC1=O)NC1CCCCCC1. The number of thioether (sulfide) groups is 1. The topological polar surface area (TPSA) is 70.6 Å². The van der Waals surface area contributed by atoms with E-state index in [-0.39, 0.29) is 35.9 Å². The summed E-state index contributed by atoms with van der Waals surface area (Å²) >= 11 is 1.46. The van der Waals surface area contributed by atoms with Crippen LogP contribution in [-0.2, 0) is 9.59 Å². The third-order valence-corrected chi connectivity index (χ3v) is 7.46. The number of amidine groups is 1. The summed E-state index contributed by atoms with van der Waals surface area (Å²) in [6.07, 6.45) is 12.6. The predicted molar refractivity (Wildman–Crippen MR) is 108 cm³/mol. The average molecular weight is 400 g/mol. The first-order chi connectivity index (χ1) is 12.2. The fraction of sp³-hybridized carbons (Fsp3) is 0.842. The second-order valence-electron chi connectivity index (χ2n) is 8.25. The number of nitrogens with one attached hydrogen (secondary N) is 2. The zero-order chi connectivity index (χ0) is 17.2. The van der Waals surface area contributed by atoms with Crippen molar-refractivity contribution in [1.29, 1.82) is 0 Å². The molecule has 146 valence electrons. The second-order valence-corrected chi connectivity index (χ2v) is 9.44. The minimum Gasteiger partial charge on any atom is -0.361 e. The molecule has 26 heavy (non-hydrogen) atoms. The molecule has 7 heteroatoms. The van der Waals surface area contributed by atoms with Gasteiger partial charge >= 0.3 is 0 Å². The van der Waals surface area contributed by atoms with E-state index in [1.54, 1.807) is 0 Å². The second kappa shape index (κ2) is 8.96. The molecule has 4 atom stereocenters. The number of amides is 2. The molecule has 0 aromatic rings. The smallest absolute Gasteiger partial charge is 0.262 e. The van der Waals surface area contributed by atoms with Gasteiger partial charge in [-0.1, -0.05) is 43.9 Å². The maximum absolute atomic E-state index is 12.3. The zero-order valence-corrected chi connectivity index (χ0v) is 16.9. The van der Waals surface area contributed by atoms with Crippen LogP contribution in [0.3, 0.4) is 0 Å². The first-order valence-corrected chi connectivity index (χ1v) is 10.9. The zero-order valence-electron chi connectivity index (χ0n) is 15.2. The summed E-state index contributed by atoms with van der Waals surface area (Å²) in [6, 6.07) is 0.778. The normalized spacial score (nSPS) is 34.2. The van der Waals surface area contributed by atoms with E-state index < -0.39 is 0 Å². The lowest BCUT2D eigenvalue weighted by Gasteiger charge is -2.23. The molecule has 5 nitrogen and oxygen atoms in total. The van der Waals surface area contributed by atoms with Crippen molar-refractivity contribution >= 4 is 41.2 Å². The minimum atomic E-state index is -0.341. The number of hydrogen-bond acceptors (Lipinski definition) is 4. The third-order valence-electron chi connectivity index (χ3n) is 6.38. The number of hydrogen-bond donors (Lipinski definition) is 2. The fourth-order valence-corrected chi connectivity index (χ4v) is 6.06. The Balaban J connectivity index is 0.00000196. The summed E-state index contributed by atoms with van der Waals surface area (Å²) in [7, 11) is 0. The van der Waals surface area contributed by atoms with E-state index in [2.05, 4.69) is 15.6 Å². The van der Waals surface area contributed by atoms with Crippen molar-refractivity contribution in [1.82, 2.24) is 10.6 Å². The molecule has 0 radical (unpaired) electrons. The van der Waals surface area contributed by atoms with Crippen molar-refractivity contribution in [2.75, 3.05) is 0 Å². The summed E-state index contributed by atoms with van der Waals surface area (Å²) in [5.41, 5.74) is 0. The summed E-state index contributed by atoms with van der Waals surface area (Å²) in [5, 5.41) is 7.04. The van der Waals surface area contributed by atoms with Gasteiger partial charge in [-0.3, -0.25) is 9.59 Å². The highest BCUT2D eigenvalue weighted by Gasteiger charge is 2.41. The number of rotatable bonds is 4. The number of aliphatic imine (C=N–C) groups is 1. The lowest BCUT2D eigenvalue weighted by molar-refractivity contribution is -0.125. The van der Waals surface area contributed by atoms with Gasteiger partial charge in [0.2, 0.25) is 5.91 Å². The molecule has 3 saturated carbocycles. The van der Waals surface area contributed by atoms with Crippen LogP contribution in [0.2, 0.25) is 0 Å². The molecule has 4 rings (SSSR count). The summed E-state index contributed by atoms with van der Waals surface area (Å²) in [6.45, 7) is 0. The van der Waals surface area contributed by atoms with Crippen LogP contribution < -0.4 is 10.6 Å². The Morgan fingerprint density at radius 1 is 1.08 bits per heavy atom. The Morgan fingerprint density at radius 2 is 1.85 bits per heavy atom. The monoisotopic (exact) mass is 399 g/mol. The molecule has 3 aliphatic carbocycles. The van der Waals surface area contributed by atoms with Crippen molar-refractivity contribution in [3.63, 3.8) is 0 Å². The van der Waals surface area contributed by atoms with E-state index in [0.717, 1.165) is 29.8 Å². The van der Waals surface area contributed by atoms with Gasteiger partial charge in [0.1, 0.15) is 5.25 Å². The molecule has 4 aliphatic rings. The molecule has 0 aromatic heterocycles. The molecule has 2 bridgehead atoms. The molecule has 0 spiro atoms. The van der Waals surface area contributed by atoms with Gasteiger partial charge in [-0.25, -0.2) is 0 Å². The van der Waals surface area contributed by atoms with E-state index in [1.807, 2.05) is 0 Å². The van der Waals surface area contributed by atoms with Crippen LogP contribution in [-0.4, -0.2) is 34.3 Å². The highest BCUT2D eigenvalue weighted by molar-refractivity contribution is 8.15. The minimum absolute atomic E-state index is 0. The van der Waals surface area contributed by atoms with Gasteiger partial charge in [0.25, 0.3) is 5.91 Å². The van der Waals surface area contributed by atoms with Crippen molar-refractivity contribution in [3.8, 4) is 0 Å². The largest absolute Gasteiger partial charge is 0.361 e. The molecule has 1 aliphatic heterocycles. The summed E-state index contributed by atoms with van der Waals surface area (Å²) in [5.74, 6) is 1.48. The van der Waals surface area contributed by atoms with Crippen molar-refractivity contribution in [2.45, 2.75) is 88.0 Å². The van der Waals surface area contributed by atoms with Gasteiger partial charge in [0, 0.05) is 18.5 Å². The number of fused-ring (bicyclic) bond motifs is 2. The Bertz CT molecular complexity index is 563. The Morgan fingerprint density at radius 3 is 2.50 bits per heavy atom. The highest BCUT2D eigenvalue weighted by Crippen LogP contribution is 2.44. The van der Waals surface area contributed by atoms with Crippen LogP contribution in [0.5, 0.6) is 0 Å². The molecule has 4 unspecified atom stereocenters. The van der Waals surface area contributed by atoms with Gasteiger partial charge in [-0.05, 0) is 43.9 Å². The van der Waals surface area contributed by atoms with E-state index in [1.165, 1.54) is 63.1 Å². The van der Waals surface area contributed by atoms with Crippen LogP contribution in [0.4, 0.5) is 0 Å². The molecular formula is C19H30ClN3O2S. The number of nitrogens with zero attached hydrogens (tertiary/aromatic N) is 1. The van der Waals surface area contributed by atoms with Crippen LogP contribution in [0, 0.1) is 11.8 Å². The number of halogens is 1. The molecular weight excluding hydrogens is 370 g/mol. The first-order valence-electron chi connectivity index (χ1n) is 10.0. The number of carbonyl (C=O) groups excluding carboxylic acids is 2. The standard InChI is InChI=1S/C19H29N3O2S.ClH/c23-17(20-14-5-3-1-2-4-6-14)11-16-18(24)22-19(25-16)21-15-10-12-7-8-13(15)9-12;/h12-16H,1-11H2,(H,20,23)(H,21,22,24);1H. The number of carbonyl (C=O) groups is 2. The molecule has 1 heterocycles. The van der Waals surface area contributed by atoms with Crippen LogP contribution in [0.25, 0.3) is 0 Å². The van der Waals surface area contributed by atoms with Gasteiger partial charge in [0.05, 0.1) is 0 Å². The van der Waals surface area contributed by atoms with Gasteiger partial charge < -0.3 is 10.6 Å². The van der Waals surface area contributed by atoms with E-state index >= 15 is 0 Å². The lowest BCUT2D eigenvalue weighted by Crippen LogP contribution is -2.37. The van der Waals surface area contributed by atoms with E-state index in [4.69, 9.17) is 0 Å². The van der Waals surface area contributed by atoms with Crippen molar-refractivity contribution < 1.29 is 9.59 Å². The van der Waals surface area contributed by atoms with Crippen LogP contribution >= 0.6 is 24.2 Å². The van der Waals surface area contributed by atoms with Gasteiger partial charge in [-0.2, -0.15) is 4.99 Å². The van der Waals surface area contributed by atoms with Gasteiger partial charge in [-0.15, -0.1) is 12.4 Å². The van der Waals surface area contributed by atoms with Gasteiger partial charge in [0.15, 0.2) is 5.17 Å². The Kier molecular flexibility index (Phi) is 6.89. The van der Waals surface area contributed by atoms with Crippen LogP contribution in [0.15, 0.2) is 4.99 Å². The Labute approximate surface area is 166 Å². The van der Waals surface area contributed by atoms with Crippen molar-refractivity contribution in [2.24, 2.45) is 16.8 Å². The third kappa shape index (κ3) is 4.75. The van der Waals surface area contributed by atoms with E-state index in [0.29, 0.717) is 12.1 Å². The molecule has 2 N–H and O–H groups in total. The first kappa shape index (κ1) is 20.0. The molecule has 2 amide bonds. The Hall–Kier alpha value is -0.750. The fourth-order valence-electron chi connectivity index (χ4n) is 5.04. The summed E-state index contributed by atoms with van der Waals surface area (Å²) < 4.78 is 0. The van der Waals surface area contributed by atoms with E-state index in [9.17, 15) is 9.59 Å². The average Bonchev–Trinajstić information content (AvgIpc) is 3.21. The molecule has 0 aromatic carbocycles. The van der Waals surface area contributed by atoms with Crippen LogP contribution in [0.1, 0.15) is 70.6 Å².